The summed E-state index contributed by atoms with van der Waals surface area (Å²) in [6.45, 7) is 3.44. The molecule has 1 aliphatic heterocycles. The number of nitrogens with one attached hydrogen (secondary N) is 1. The molecule has 0 radical (unpaired) electrons. The highest BCUT2D eigenvalue weighted by molar-refractivity contribution is 7.89. The maximum absolute atomic E-state index is 12.3. The van der Waals surface area contributed by atoms with Crippen molar-refractivity contribution in [1.29, 1.82) is 0 Å². The van der Waals surface area contributed by atoms with E-state index in [1.165, 1.54) is 23.9 Å². The van der Waals surface area contributed by atoms with Gasteiger partial charge in [-0.15, -0.1) is 0 Å². The minimum Gasteiger partial charge on any atom is -0.390 e. The van der Waals surface area contributed by atoms with Crippen LogP contribution in [0, 0.1) is 0 Å². The lowest BCUT2D eigenvalue weighted by atomic mass is 10.2. The van der Waals surface area contributed by atoms with Crippen molar-refractivity contribution in [2.24, 2.45) is 0 Å². The molecule has 0 saturated carbocycles. The van der Waals surface area contributed by atoms with Crippen LogP contribution in [0.5, 0.6) is 0 Å². The lowest BCUT2D eigenvalue weighted by molar-refractivity contribution is 0.136. The van der Waals surface area contributed by atoms with Crippen LogP contribution < -0.4 is 5.32 Å². The Balaban J connectivity index is 2.24. The van der Waals surface area contributed by atoms with Crippen molar-refractivity contribution in [1.82, 2.24) is 19.2 Å². The van der Waals surface area contributed by atoms with E-state index in [4.69, 9.17) is 0 Å². The average Bonchev–Trinajstić information content (AvgIpc) is 2.96. The van der Waals surface area contributed by atoms with Gasteiger partial charge in [-0.25, -0.2) is 13.4 Å². The van der Waals surface area contributed by atoms with E-state index in [1.807, 2.05) is 6.92 Å². The molecule has 1 aromatic rings. The number of hydrogen-bond donors (Lipinski definition) is 2. The summed E-state index contributed by atoms with van der Waals surface area (Å²) in [6, 6.07) is -0.443. The van der Waals surface area contributed by atoms with E-state index in [0.717, 1.165) is 0 Å². The monoisotopic (exact) mass is 274 g/mol. The maximum atomic E-state index is 12.3. The Kier molecular flexibility index (Phi) is 3.71. The Labute approximate surface area is 106 Å². The molecule has 2 rings (SSSR count). The zero-order valence-electron chi connectivity index (χ0n) is 10.4. The van der Waals surface area contributed by atoms with Crippen LogP contribution in [0.25, 0.3) is 0 Å². The molecular weight excluding hydrogens is 256 g/mol. The van der Waals surface area contributed by atoms with Crippen molar-refractivity contribution in [2.75, 3.05) is 20.1 Å². The molecule has 7 nitrogen and oxygen atoms in total. The number of nitrogens with zero attached hydrogens (tertiary/aromatic N) is 3. The first-order valence-electron chi connectivity index (χ1n) is 5.85. The molecular formula is C10H18N4O3S. The fourth-order valence-electron chi connectivity index (χ4n) is 1.99. The van der Waals surface area contributed by atoms with Crippen molar-refractivity contribution in [3.63, 3.8) is 0 Å². The largest absolute Gasteiger partial charge is 0.390 e. The van der Waals surface area contributed by atoms with Crippen LogP contribution in [0.4, 0.5) is 0 Å². The SMILES string of the molecule is CCn1cnc(S(=O)(=O)N(C)[C@H]2CNC[C@@H]2O)c1. The highest BCUT2D eigenvalue weighted by atomic mass is 32.2. The molecule has 2 heterocycles. The summed E-state index contributed by atoms with van der Waals surface area (Å²) in [4.78, 5) is 3.91. The Morgan fingerprint density at radius 3 is 2.83 bits per heavy atom. The van der Waals surface area contributed by atoms with Gasteiger partial charge >= 0.3 is 0 Å². The zero-order chi connectivity index (χ0) is 13.3. The normalized spacial score (nSPS) is 24.9. The Morgan fingerprint density at radius 1 is 1.61 bits per heavy atom. The van der Waals surface area contributed by atoms with Gasteiger partial charge in [0.15, 0.2) is 5.03 Å². The van der Waals surface area contributed by atoms with Crippen molar-refractivity contribution in [3.8, 4) is 0 Å². The topological polar surface area (TPSA) is 87.5 Å². The summed E-state index contributed by atoms with van der Waals surface area (Å²) in [7, 11) is -2.17. The molecule has 0 unspecified atom stereocenters. The summed E-state index contributed by atoms with van der Waals surface area (Å²) in [5.41, 5.74) is 0. The van der Waals surface area contributed by atoms with Crippen LogP contribution in [-0.4, -0.2) is 59.7 Å². The molecule has 0 aromatic carbocycles. The van der Waals surface area contributed by atoms with E-state index in [1.54, 1.807) is 4.57 Å². The molecule has 0 bridgehead atoms. The molecule has 1 aromatic heterocycles. The van der Waals surface area contributed by atoms with E-state index < -0.39 is 22.2 Å². The standard InChI is InChI=1S/C10H18N4O3S/c1-3-14-6-10(12-7-14)18(16,17)13(2)8-4-11-5-9(8)15/h6-9,11,15H,3-5H2,1-2H3/t8-,9-/m0/s1. The second kappa shape index (κ2) is 4.96. The molecule has 2 N–H and O–H groups in total. The highest BCUT2D eigenvalue weighted by Crippen LogP contribution is 2.18. The van der Waals surface area contributed by atoms with Gasteiger partial charge in [0.2, 0.25) is 0 Å². The highest BCUT2D eigenvalue weighted by Gasteiger charge is 2.36. The van der Waals surface area contributed by atoms with Crippen molar-refractivity contribution in [2.45, 2.75) is 30.6 Å². The van der Waals surface area contributed by atoms with E-state index >= 15 is 0 Å². The number of likely N-dealkylation sites (N-methyl/N-ethyl adjacent to an activating group) is 1. The van der Waals surface area contributed by atoms with Crippen LogP contribution in [0.1, 0.15) is 6.92 Å². The van der Waals surface area contributed by atoms with Crippen LogP contribution in [-0.2, 0) is 16.6 Å². The van der Waals surface area contributed by atoms with Crippen molar-refractivity contribution >= 4 is 10.0 Å². The first kappa shape index (κ1) is 13.5. The number of rotatable bonds is 4. The quantitative estimate of drug-likeness (QED) is 0.724. The number of sulfonamides is 1. The molecule has 8 heteroatoms. The van der Waals surface area contributed by atoms with Crippen LogP contribution >= 0.6 is 0 Å². The smallest absolute Gasteiger partial charge is 0.262 e. The van der Waals surface area contributed by atoms with E-state index in [-0.39, 0.29) is 5.03 Å². The van der Waals surface area contributed by atoms with Crippen LogP contribution in [0.2, 0.25) is 0 Å². The number of aliphatic hydroxyl groups is 1. The maximum Gasteiger partial charge on any atom is 0.262 e. The first-order valence-corrected chi connectivity index (χ1v) is 7.29. The van der Waals surface area contributed by atoms with E-state index in [0.29, 0.717) is 19.6 Å². The molecule has 2 atom stereocenters. The number of hydrogen-bond acceptors (Lipinski definition) is 5. The lowest BCUT2D eigenvalue weighted by Gasteiger charge is -2.24. The van der Waals surface area contributed by atoms with Gasteiger partial charge in [0.05, 0.1) is 18.5 Å². The summed E-state index contributed by atoms with van der Waals surface area (Å²) in [6.07, 6.45) is 2.31. The van der Waals surface area contributed by atoms with Gasteiger partial charge < -0.3 is 15.0 Å². The molecule has 0 spiro atoms. The second-order valence-electron chi connectivity index (χ2n) is 4.36. The number of aliphatic hydroxyl groups excluding tert-OH is 1. The first-order chi connectivity index (χ1) is 8.46. The molecule has 0 aliphatic carbocycles. The van der Waals surface area contributed by atoms with Gasteiger partial charge in [0, 0.05) is 32.9 Å². The number of aryl methyl sites for hydroxylation is 1. The van der Waals surface area contributed by atoms with E-state index in [9.17, 15) is 13.5 Å². The molecule has 1 saturated heterocycles. The van der Waals surface area contributed by atoms with Gasteiger partial charge in [-0.05, 0) is 6.92 Å². The molecule has 1 fully saturated rings. The third kappa shape index (κ3) is 2.28. The lowest BCUT2D eigenvalue weighted by Crippen LogP contribution is -2.44. The van der Waals surface area contributed by atoms with E-state index in [2.05, 4.69) is 10.3 Å². The number of aromatic nitrogens is 2. The van der Waals surface area contributed by atoms with Crippen LogP contribution in [0.15, 0.2) is 17.6 Å². The fourth-order valence-corrected chi connectivity index (χ4v) is 3.31. The predicted molar refractivity (Wildman–Crippen MR) is 65.5 cm³/mol. The number of imidazole rings is 1. The van der Waals surface area contributed by atoms with Gasteiger partial charge in [-0.2, -0.15) is 4.31 Å². The zero-order valence-corrected chi connectivity index (χ0v) is 11.3. The van der Waals surface area contributed by atoms with Gasteiger partial charge in [0.1, 0.15) is 0 Å². The molecule has 1 aliphatic rings. The van der Waals surface area contributed by atoms with Gasteiger partial charge in [0.25, 0.3) is 10.0 Å². The summed E-state index contributed by atoms with van der Waals surface area (Å²) in [5, 5.41) is 12.7. The second-order valence-corrected chi connectivity index (χ2v) is 6.30. The minimum absolute atomic E-state index is 0.0194. The third-order valence-corrected chi connectivity index (χ3v) is 5.00. The minimum atomic E-state index is -3.64. The fraction of sp³-hybridized carbons (Fsp3) is 0.700. The van der Waals surface area contributed by atoms with Crippen molar-refractivity contribution < 1.29 is 13.5 Å². The summed E-state index contributed by atoms with van der Waals surface area (Å²) >= 11 is 0. The van der Waals surface area contributed by atoms with Crippen molar-refractivity contribution in [3.05, 3.63) is 12.5 Å². The van der Waals surface area contributed by atoms with Gasteiger partial charge in [-0.3, -0.25) is 0 Å². The molecule has 18 heavy (non-hydrogen) atoms. The summed E-state index contributed by atoms with van der Waals surface area (Å²) < 4.78 is 27.5. The number of β-amino-alcohol motifs (C(OH)–C–C–N with tert-alkyl or cyclic N) is 1. The summed E-state index contributed by atoms with van der Waals surface area (Å²) in [5.74, 6) is 0. The Bertz CT molecular complexity index is 513. The predicted octanol–water partition coefficient (Wildman–Crippen LogP) is -1.14. The third-order valence-electron chi connectivity index (χ3n) is 3.24. The molecule has 0 amide bonds. The molecule has 102 valence electrons. The van der Waals surface area contributed by atoms with Crippen LogP contribution in [0.3, 0.4) is 0 Å². The van der Waals surface area contributed by atoms with Gasteiger partial charge in [-0.1, -0.05) is 0 Å². The average molecular weight is 274 g/mol. The Hall–Kier alpha value is -0.960. The Morgan fingerprint density at radius 2 is 2.33 bits per heavy atom.